The topological polar surface area (TPSA) is 252 Å². The van der Waals surface area contributed by atoms with Gasteiger partial charge in [0, 0.05) is 54.9 Å². The third kappa shape index (κ3) is 37.1. The molecule has 0 radical (unpaired) electrons. The monoisotopic (exact) mass is 1030 g/mol. The first-order chi connectivity index (χ1) is 34.7. The molecule has 0 fully saturated rings. The predicted octanol–water partition coefficient (Wildman–Crippen LogP) is 11.6. The van der Waals surface area contributed by atoms with Crippen molar-refractivity contribution in [3.8, 4) is 0 Å². The van der Waals surface area contributed by atoms with Crippen LogP contribution in [0.4, 0.5) is 5.69 Å². The van der Waals surface area contributed by atoms with E-state index in [4.69, 9.17) is 19.7 Å². The molecule has 0 saturated carbocycles. The first-order valence-electron chi connectivity index (χ1n) is 27.4. The summed E-state index contributed by atoms with van der Waals surface area (Å²) in [6, 6.07) is 2.70. The molecule has 3 atom stereocenters. The van der Waals surface area contributed by atoms with E-state index in [0.717, 1.165) is 44.9 Å². The molecule has 0 bridgehead atoms. The molecule has 1 aromatic carbocycles. The van der Waals surface area contributed by atoms with E-state index in [0.29, 0.717) is 30.0 Å². The van der Waals surface area contributed by atoms with Gasteiger partial charge in [-0.25, -0.2) is 4.79 Å². The zero-order chi connectivity index (χ0) is 53.0. The number of carboxylic acid groups (broad SMARTS) is 3. The molecule has 0 heterocycles. The third-order valence-corrected chi connectivity index (χ3v) is 13.5. The van der Waals surface area contributed by atoms with Crippen LogP contribution in [0.3, 0.4) is 0 Å². The number of hydrogen-bond acceptors (Lipinski definition) is 11. The fourth-order valence-electron chi connectivity index (χ4n) is 8.08. The van der Waals surface area contributed by atoms with Gasteiger partial charge in [0.15, 0.2) is 0 Å². The summed E-state index contributed by atoms with van der Waals surface area (Å²) in [7, 11) is 0. The zero-order valence-electron chi connectivity index (χ0n) is 43.8. The Labute approximate surface area is 434 Å². The number of rotatable bonds is 48. The molecule has 17 heteroatoms. The van der Waals surface area contributed by atoms with Gasteiger partial charge >= 0.3 is 29.8 Å². The molecule has 1 aromatic rings. The second kappa shape index (κ2) is 43.9. The third-order valence-electron chi connectivity index (χ3n) is 12.4. The number of benzene rings is 1. The Morgan fingerprint density at radius 2 is 0.944 bits per heavy atom. The van der Waals surface area contributed by atoms with Gasteiger partial charge in [-0.2, -0.15) is 11.8 Å². The number of esters is 2. The lowest BCUT2D eigenvalue weighted by Crippen LogP contribution is -2.51. The molecule has 72 heavy (non-hydrogen) atoms. The average molecular weight is 1030 g/mol. The van der Waals surface area contributed by atoms with Gasteiger partial charge in [0.2, 0.25) is 11.8 Å². The highest BCUT2D eigenvalue weighted by atomic mass is 32.2. The fourth-order valence-corrected chi connectivity index (χ4v) is 9.00. The second-order valence-corrected chi connectivity index (χ2v) is 20.2. The minimum absolute atomic E-state index is 0.0542. The normalized spacial score (nSPS) is 12.3. The quantitative estimate of drug-likeness (QED) is 0.0262. The summed E-state index contributed by atoms with van der Waals surface area (Å²) in [4.78, 5) is 98.3. The Morgan fingerprint density at radius 3 is 1.39 bits per heavy atom. The Morgan fingerprint density at radius 1 is 0.514 bits per heavy atom. The summed E-state index contributed by atoms with van der Waals surface area (Å²) in [5.41, 5.74) is 0.442. The first kappa shape index (κ1) is 65.3. The Hall–Kier alpha value is -4.67. The van der Waals surface area contributed by atoms with Crippen LogP contribution in [0.15, 0.2) is 24.3 Å². The molecule has 16 nitrogen and oxygen atoms in total. The Kier molecular flexibility index (Phi) is 39.8. The van der Waals surface area contributed by atoms with Gasteiger partial charge < -0.3 is 40.7 Å². The number of hydrogen-bond donors (Lipinski definition) is 6. The maximum Gasteiger partial charge on any atom is 0.326 e. The van der Waals surface area contributed by atoms with Crippen molar-refractivity contribution in [2.24, 2.45) is 0 Å². The molecule has 1 unspecified atom stereocenters. The number of thioether (sulfide) groups is 1. The van der Waals surface area contributed by atoms with Crippen molar-refractivity contribution in [3.05, 3.63) is 29.8 Å². The summed E-state index contributed by atoms with van der Waals surface area (Å²) in [6.07, 6.45) is 29.6. The number of nitrogens with one attached hydrogen (secondary N) is 3. The smallest absolute Gasteiger partial charge is 0.326 e. The molecule has 0 aliphatic heterocycles. The number of amides is 3. The summed E-state index contributed by atoms with van der Waals surface area (Å²) >= 11 is 1.40. The van der Waals surface area contributed by atoms with Crippen molar-refractivity contribution in [2.75, 3.05) is 23.4 Å². The van der Waals surface area contributed by atoms with Gasteiger partial charge in [0.05, 0.1) is 0 Å². The molecule has 1 rings (SSSR count). The molecule has 0 saturated heterocycles. The minimum atomic E-state index is -1.57. The summed E-state index contributed by atoms with van der Waals surface area (Å²) < 4.78 is 11.4. The van der Waals surface area contributed by atoms with Gasteiger partial charge in [-0.3, -0.25) is 33.6 Å². The van der Waals surface area contributed by atoms with Crippen LogP contribution in [0, 0.1) is 0 Å². The molecule has 0 aliphatic carbocycles. The lowest BCUT2D eigenvalue weighted by molar-refractivity contribution is -0.157. The van der Waals surface area contributed by atoms with Crippen molar-refractivity contribution in [1.82, 2.24) is 10.6 Å². The highest BCUT2D eigenvalue weighted by molar-refractivity contribution is 7.99. The van der Waals surface area contributed by atoms with Crippen molar-refractivity contribution >= 4 is 65.0 Å². The number of ether oxygens (including phenoxy) is 2. The van der Waals surface area contributed by atoms with Crippen LogP contribution >= 0.6 is 11.8 Å². The number of unbranched alkanes of at least 4 members (excludes halogenated alkanes) is 24. The second-order valence-electron chi connectivity index (χ2n) is 19.0. The molecule has 0 aliphatic rings. The number of aliphatic carboxylic acids is 3. The van der Waals surface area contributed by atoms with Crippen LogP contribution in [0.5, 0.6) is 0 Å². The molecule has 6 N–H and O–H groups in total. The number of carboxylic acids is 3. The standard InChI is InChI=1S/C55H91N3O13S/c1-3-5-7-9-11-13-15-17-19-21-23-25-27-29-51(64)70-41-45(71-52(65)30-28-26-24-22-20-18-16-14-12-10-8-6-4-2)42-72-40-39-48(59)56-44-33-31-43(32-34-44)53(66)57-46(35-37-49(60)61)54(67)58-47(55(68)69)36-38-50(62)63/h31-34,45-47H,3-30,35-42H2,1-2H3,(H,56,59)(H,57,66)(H,58,67)(H,60,61)(H,62,63)(H,68,69)/t45?,46-,47-/m0/s1. The van der Waals surface area contributed by atoms with E-state index in [1.807, 2.05) is 0 Å². The highest BCUT2D eigenvalue weighted by Crippen LogP contribution is 2.18. The van der Waals surface area contributed by atoms with Crippen LogP contribution in [0.25, 0.3) is 0 Å². The largest absolute Gasteiger partial charge is 0.481 e. The molecule has 410 valence electrons. The van der Waals surface area contributed by atoms with Gasteiger partial charge in [-0.1, -0.05) is 168 Å². The first-order valence-corrected chi connectivity index (χ1v) is 28.5. The van der Waals surface area contributed by atoms with Crippen LogP contribution in [0.1, 0.15) is 236 Å². The van der Waals surface area contributed by atoms with Crippen molar-refractivity contribution < 1.29 is 63.1 Å². The SMILES string of the molecule is CCCCCCCCCCCCCCCC(=O)OCC(CSCCC(=O)Nc1ccc(C(=O)N[C@@H](CCC(=O)O)C(=O)N[C@@H](CCC(=O)O)C(=O)O)cc1)OC(=O)CCCCCCCCCCCCCCC. The van der Waals surface area contributed by atoms with E-state index < -0.39 is 67.2 Å². The minimum Gasteiger partial charge on any atom is -0.481 e. The lowest BCUT2D eigenvalue weighted by atomic mass is 10.0. The molecule has 0 spiro atoms. The fraction of sp³-hybridized carbons (Fsp3) is 0.745. The van der Waals surface area contributed by atoms with E-state index in [1.165, 1.54) is 158 Å². The van der Waals surface area contributed by atoms with Crippen molar-refractivity contribution in [2.45, 2.75) is 244 Å². The lowest BCUT2D eigenvalue weighted by Gasteiger charge is -2.21. The predicted molar refractivity (Wildman–Crippen MR) is 283 cm³/mol. The van der Waals surface area contributed by atoms with Crippen LogP contribution in [-0.2, 0) is 43.0 Å². The van der Waals surface area contributed by atoms with Gasteiger partial charge in [0.25, 0.3) is 5.91 Å². The van der Waals surface area contributed by atoms with Crippen molar-refractivity contribution in [1.29, 1.82) is 0 Å². The van der Waals surface area contributed by atoms with E-state index in [2.05, 4.69) is 29.8 Å². The maximum absolute atomic E-state index is 13.1. The molecule has 3 amide bonds. The Balaban J connectivity index is 2.64. The van der Waals surface area contributed by atoms with E-state index in [-0.39, 0.29) is 42.9 Å². The number of anilines is 1. The number of carbonyl (C=O) groups excluding carboxylic acids is 5. The van der Waals surface area contributed by atoms with Gasteiger partial charge in [-0.15, -0.1) is 0 Å². The molecular weight excluding hydrogens is 943 g/mol. The van der Waals surface area contributed by atoms with Gasteiger partial charge in [0.1, 0.15) is 24.8 Å². The molecular formula is C55H91N3O13S. The van der Waals surface area contributed by atoms with E-state index in [1.54, 1.807) is 0 Å². The highest BCUT2D eigenvalue weighted by Gasteiger charge is 2.28. The maximum atomic E-state index is 13.1. The van der Waals surface area contributed by atoms with E-state index >= 15 is 0 Å². The Bertz CT molecular complexity index is 1680. The summed E-state index contributed by atoms with van der Waals surface area (Å²) in [5, 5.41) is 34.9. The molecule has 0 aromatic heterocycles. The van der Waals surface area contributed by atoms with Crippen LogP contribution in [-0.4, -0.2) is 99.2 Å². The van der Waals surface area contributed by atoms with E-state index in [9.17, 15) is 43.5 Å². The number of carbonyl (C=O) groups is 8. The van der Waals surface area contributed by atoms with Crippen LogP contribution < -0.4 is 16.0 Å². The summed E-state index contributed by atoms with van der Waals surface area (Å²) in [5.74, 6) is -6.01. The zero-order valence-corrected chi connectivity index (χ0v) is 44.6. The van der Waals surface area contributed by atoms with Crippen molar-refractivity contribution in [3.63, 3.8) is 0 Å². The average Bonchev–Trinajstić information content (AvgIpc) is 3.34. The van der Waals surface area contributed by atoms with Gasteiger partial charge in [-0.05, 0) is 49.9 Å². The van der Waals surface area contributed by atoms with Crippen LogP contribution in [0.2, 0.25) is 0 Å². The summed E-state index contributed by atoms with van der Waals surface area (Å²) in [6.45, 7) is 4.42.